The normalized spacial score (nSPS) is 15.5. The van der Waals surface area contributed by atoms with E-state index in [1.807, 2.05) is 37.3 Å². The Morgan fingerprint density at radius 3 is 2.50 bits per heavy atom. The van der Waals surface area contributed by atoms with Crippen molar-refractivity contribution in [2.24, 2.45) is 5.92 Å². The Kier molecular flexibility index (Phi) is 7.06. The van der Waals surface area contributed by atoms with Gasteiger partial charge in [0, 0.05) is 5.92 Å². The second-order valence-corrected chi connectivity index (χ2v) is 5.65. The number of hydrogen-bond acceptors (Lipinski definition) is 3. The summed E-state index contributed by atoms with van der Waals surface area (Å²) in [6.45, 7) is 9.30. The van der Waals surface area contributed by atoms with Gasteiger partial charge in [0.15, 0.2) is 5.60 Å². The third-order valence-electron chi connectivity index (χ3n) is 3.45. The Morgan fingerprint density at radius 2 is 2.00 bits per heavy atom. The highest BCUT2D eigenvalue weighted by Crippen LogP contribution is 2.28. The number of aliphatic hydroxyl groups is 1. The van der Waals surface area contributed by atoms with Gasteiger partial charge in [0.1, 0.15) is 0 Å². The second kappa shape index (κ2) is 8.54. The minimum absolute atomic E-state index is 0.281. The molecule has 0 bridgehead atoms. The number of hydrogen-bond donors (Lipinski definition) is 1. The van der Waals surface area contributed by atoms with E-state index in [9.17, 15) is 9.90 Å². The Bertz CT molecular complexity index is 505. The maximum atomic E-state index is 12.4. The first kappa shape index (κ1) is 18.2. The lowest BCUT2D eigenvalue weighted by molar-refractivity contribution is -0.168. The summed E-state index contributed by atoms with van der Waals surface area (Å²) in [6.07, 6.45) is 6.11. The van der Waals surface area contributed by atoms with Crippen molar-refractivity contribution in [3.05, 3.63) is 54.6 Å². The van der Waals surface area contributed by atoms with E-state index < -0.39 is 11.6 Å². The Labute approximate surface area is 133 Å². The lowest BCUT2D eigenvalue weighted by Gasteiger charge is -2.30. The molecule has 0 spiro atoms. The minimum Gasteiger partial charge on any atom is -0.461 e. The zero-order chi connectivity index (χ0) is 16.6. The first-order valence-corrected chi connectivity index (χ1v) is 7.74. The molecular weight excluding hydrogens is 276 g/mol. The van der Waals surface area contributed by atoms with Crippen molar-refractivity contribution in [3.63, 3.8) is 0 Å². The van der Waals surface area contributed by atoms with Gasteiger partial charge >= 0.3 is 5.97 Å². The van der Waals surface area contributed by atoms with Crippen LogP contribution in [0.2, 0.25) is 0 Å². The van der Waals surface area contributed by atoms with Crippen LogP contribution in [0.4, 0.5) is 0 Å². The molecule has 0 radical (unpaired) electrons. The van der Waals surface area contributed by atoms with Gasteiger partial charge in [-0.3, -0.25) is 0 Å². The fraction of sp³-hybridized carbons (Fsp3) is 0.421. The van der Waals surface area contributed by atoms with Crippen LogP contribution in [-0.2, 0) is 9.53 Å². The quantitative estimate of drug-likeness (QED) is 0.583. The molecule has 0 heterocycles. The van der Waals surface area contributed by atoms with Crippen molar-refractivity contribution in [3.8, 4) is 0 Å². The van der Waals surface area contributed by atoms with Crippen LogP contribution < -0.4 is 0 Å². The van der Waals surface area contributed by atoms with E-state index in [0.29, 0.717) is 6.42 Å². The van der Waals surface area contributed by atoms with Gasteiger partial charge in [0.2, 0.25) is 0 Å². The molecule has 0 aliphatic rings. The van der Waals surface area contributed by atoms with E-state index in [4.69, 9.17) is 4.74 Å². The van der Waals surface area contributed by atoms with Gasteiger partial charge in [0.25, 0.3) is 0 Å². The van der Waals surface area contributed by atoms with E-state index in [0.717, 1.165) is 12.0 Å². The topological polar surface area (TPSA) is 46.5 Å². The molecule has 3 nitrogen and oxygen atoms in total. The summed E-state index contributed by atoms with van der Waals surface area (Å²) >= 11 is 0. The molecular formula is C19H26O3. The van der Waals surface area contributed by atoms with Crippen molar-refractivity contribution in [1.82, 2.24) is 0 Å². The van der Waals surface area contributed by atoms with Gasteiger partial charge in [0.05, 0.1) is 6.10 Å². The zero-order valence-electron chi connectivity index (χ0n) is 13.7. The van der Waals surface area contributed by atoms with Crippen molar-refractivity contribution in [1.29, 1.82) is 0 Å². The number of rotatable bonds is 8. The van der Waals surface area contributed by atoms with Crippen LogP contribution in [0.3, 0.4) is 0 Å². The predicted octanol–water partition coefficient (Wildman–Crippen LogP) is 3.98. The molecule has 0 aromatic heterocycles. The molecule has 0 saturated heterocycles. The highest BCUT2D eigenvalue weighted by Gasteiger charge is 2.41. The summed E-state index contributed by atoms with van der Waals surface area (Å²) < 4.78 is 5.24. The summed E-state index contributed by atoms with van der Waals surface area (Å²) in [5.74, 6) is -1.02. The fourth-order valence-corrected chi connectivity index (χ4v) is 2.27. The predicted molar refractivity (Wildman–Crippen MR) is 90.2 cm³/mol. The second-order valence-electron chi connectivity index (χ2n) is 5.65. The van der Waals surface area contributed by atoms with Gasteiger partial charge in [-0.25, -0.2) is 4.79 Å². The zero-order valence-corrected chi connectivity index (χ0v) is 13.7. The summed E-state index contributed by atoms with van der Waals surface area (Å²) in [6, 6.07) is 9.55. The molecule has 0 saturated carbocycles. The van der Waals surface area contributed by atoms with Crippen LogP contribution in [0.15, 0.2) is 49.1 Å². The molecule has 1 rings (SSSR count). The van der Waals surface area contributed by atoms with Gasteiger partial charge in [-0.15, -0.1) is 6.58 Å². The van der Waals surface area contributed by atoms with Gasteiger partial charge in [-0.2, -0.15) is 0 Å². The van der Waals surface area contributed by atoms with Gasteiger partial charge in [-0.1, -0.05) is 55.8 Å². The van der Waals surface area contributed by atoms with Gasteiger partial charge < -0.3 is 9.84 Å². The molecule has 0 fully saturated rings. The summed E-state index contributed by atoms with van der Waals surface area (Å²) in [4.78, 5) is 12.4. The third kappa shape index (κ3) is 4.85. The number of carbonyl (C=O) groups is 1. The number of carbonyl (C=O) groups excluding carboxylic acids is 1. The Morgan fingerprint density at radius 1 is 1.36 bits per heavy atom. The molecule has 1 aromatic rings. The number of benzene rings is 1. The lowest BCUT2D eigenvalue weighted by Crippen LogP contribution is -2.45. The van der Waals surface area contributed by atoms with E-state index >= 15 is 0 Å². The SMILES string of the molecule is C=C[C@H](CCC)[C@](O)(/C=C/c1ccccc1)C(=O)OC(C)C. The maximum Gasteiger partial charge on any atom is 0.343 e. The average molecular weight is 302 g/mol. The van der Waals surface area contributed by atoms with Crippen LogP contribution in [0, 0.1) is 5.92 Å². The third-order valence-corrected chi connectivity index (χ3v) is 3.45. The first-order valence-electron chi connectivity index (χ1n) is 7.74. The Balaban J connectivity index is 3.11. The van der Waals surface area contributed by atoms with Crippen molar-refractivity contribution < 1.29 is 14.6 Å². The first-order chi connectivity index (χ1) is 10.4. The summed E-state index contributed by atoms with van der Waals surface area (Å²) in [5.41, 5.74) is -0.782. The summed E-state index contributed by atoms with van der Waals surface area (Å²) in [5, 5.41) is 10.9. The molecule has 0 unspecified atom stereocenters. The van der Waals surface area contributed by atoms with Crippen LogP contribution in [0.1, 0.15) is 39.2 Å². The molecule has 3 heteroatoms. The highest BCUT2D eigenvalue weighted by atomic mass is 16.6. The van der Waals surface area contributed by atoms with E-state index in [1.165, 1.54) is 6.08 Å². The van der Waals surface area contributed by atoms with Crippen molar-refractivity contribution in [2.45, 2.75) is 45.3 Å². The highest BCUT2D eigenvalue weighted by molar-refractivity contribution is 5.84. The van der Waals surface area contributed by atoms with E-state index in [1.54, 1.807) is 26.0 Å². The molecule has 1 aromatic carbocycles. The maximum absolute atomic E-state index is 12.4. The molecule has 22 heavy (non-hydrogen) atoms. The number of ether oxygens (including phenoxy) is 1. The lowest BCUT2D eigenvalue weighted by atomic mass is 9.83. The molecule has 2 atom stereocenters. The Hall–Kier alpha value is -1.87. The van der Waals surface area contributed by atoms with Crippen LogP contribution in [0.5, 0.6) is 0 Å². The van der Waals surface area contributed by atoms with Crippen LogP contribution in [0.25, 0.3) is 6.08 Å². The monoisotopic (exact) mass is 302 g/mol. The fourth-order valence-electron chi connectivity index (χ4n) is 2.27. The standard InChI is InChI=1S/C19H26O3/c1-5-10-17(6-2)19(21,18(20)22-15(3)4)14-13-16-11-8-7-9-12-16/h6-9,11-15,17,21H,2,5,10H2,1,3-4H3/b14-13+/t17-,19-/m1/s1. The molecule has 120 valence electrons. The average Bonchev–Trinajstić information content (AvgIpc) is 2.50. The van der Waals surface area contributed by atoms with Crippen molar-refractivity contribution >= 4 is 12.0 Å². The molecule has 0 aliphatic carbocycles. The molecule has 0 aliphatic heterocycles. The molecule has 0 amide bonds. The van der Waals surface area contributed by atoms with Crippen LogP contribution >= 0.6 is 0 Å². The van der Waals surface area contributed by atoms with Crippen molar-refractivity contribution in [2.75, 3.05) is 0 Å². The van der Waals surface area contributed by atoms with Crippen LogP contribution in [-0.4, -0.2) is 22.8 Å². The molecule has 1 N–H and O–H groups in total. The van der Waals surface area contributed by atoms with E-state index in [2.05, 4.69) is 6.58 Å². The smallest absolute Gasteiger partial charge is 0.343 e. The summed E-state index contributed by atoms with van der Waals surface area (Å²) in [7, 11) is 0. The minimum atomic E-state index is -1.70. The largest absolute Gasteiger partial charge is 0.461 e. The number of esters is 1. The van der Waals surface area contributed by atoms with Gasteiger partial charge in [-0.05, 0) is 31.9 Å². The van der Waals surface area contributed by atoms with E-state index in [-0.39, 0.29) is 12.0 Å².